The third-order valence-corrected chi connectivity index (χ3v) is 4.70. The maximum atomic E-state index is 5.98. The van der Waals surface area contributed by atoms with Gasteiger partial charge in [-0.15, -0.1) is 24.0 Å². The molecule has 2 aromatic rings. The number of hydrogen-bond acceptors (Lipinski definition) is 2. The standard InChI is InChI=1S/C21H27N3O.HI/c22-21(23-13-17-9-6-10-17)24-14-19-11-4-5-12-20(19)16-25-15-18-7-2-1-3-8-18;/h1-5,7-8,11-12,17H,6,9-10,13-16H2,(H3,22,23,24);1H. The second kappa shape index (κ2) is 11.2. The van der Waals surface area contributed by atoms with Crippen LogP contribution in [0.4, 0.5) is 0 Å². The normalized spacial score (nSPS) is 14.4. The van der Waals surface area contributed by atoms with Crippen LogP contribution in [0.1, 0.15) is 36.0 Å². The van der Waals surface area contributed by atoms with E-state index >= 15 is 0 Å². The zero-order chi connectivity index (χ0) is 17.3. The Labute approximate surface area is 173 Å². The Balaban J connectivity index is 0.00000243. The van der Waals surface area contributed by atoms with Crippen molar-refractivity contribution in [2.75, 3.05) is 6.54 Å². The molecule has 1 aliphatic rings. The second-order valence-electron chi connectivity index (χ2n) is 6.63. The molecule has 0 radical (unpaired) electrons. The van der Waals surface area contributed by atoms with E-state index in [-0.39, 0.29) is 24.0 Å². The van der Waals surface area contributed by atoms with Gasteiger partial charge in [0.15, 0.2) is 5.96 Å². The first kappa shape index (κ1) is 20.7. The summed E-state index contributed by atoms with van der Waals surface area (Å²) in [6.45, 7) is 2.71. The largest absolute Gasteiger partial charge is 0.372 e. The summed E-state index contributed by atoms with van der Waals surface area (Å²) in [4.78, 5) is 4.48. The molecule has 0 spiro atoms. The van der Waals surface area contributed by atoms with Gasteiger partial charge in [-0.25, -0.2) is 4.99 Å². The molecule has 140 valence electrons. The Bertz CT molecular complexity index is 687. The van der Waals surface area contributed by atoms with E-state index in [0.717, 1.165) is 23.6 Å². The van der Waals surface area contributed by atoms with Gasteiger partial charge in [-0.1, -0.05) is 61.0 Å². The van der Waals surface area contributed by atoms with Gasteiger partial charge in [-0.3, -0.25) is 0 Å². The van der Waals surface area contributed by atoms with Crippen LogP contribution in [0.25, 0.3) is 0 Å². The Morgan fingerprint density at radius 3 is 2.38 bits per heavy atom. The van der Waals surface area contributed by atoms with Crippen LogP contribution in [0.15, 0.2) is 59.6 Å². The summed E-state index contributed by atoms with van der Waals surface area (Å²) in [6, 6.07) is 18.5. The summed E-state index contributed by atoms with van der Waals surface area (Å²) in [7, 11) is 0. The molecule has 1 saturated carbocycles. The molecule has 3 rings (SSSR count). The fraction of sp³-hybridized carbons (Fsp3) is 0.381. The Morgan fingerprint density at radius 1 is 1.00 bits per heavy atom. The van der Waals surface area contributed by atoms with Crippen LogP contribution in [0, 0.1) is 5.92 Å². The highest BCUT2D eigenvalue weighted by atomic mass is 127. The maximum Gasteiger partial charge on any atom is 0.188 e. The maximum absolute atomic E-state index is 5.98. The monoisotopic (exact) mass is 465 g/mol. The highest BCUT2D eigenvalue weighted by Crippen LogP contribution is 2.25. The number of guanidine groups is 1. The van der Waals surface area contributed by atoms with Crippen LogP contribution < -0.4 is 11.1 Å². The minimum atomic E-state index is 0. The van der Waals surface area contributed by atoms with Gasteiger partial charge >= 0.3 is 0 Å². The first-order valence-electron chi connectivity index (χ1n) is 9.03. The fourth-order valence-corrected chi connectivity index (χ4v) is 2.88. The average Bonchev–Trinajstić information content (AvgIpc) is 2.60. The fourth-order valence-electron chi connectivity index (χ4n) is 2.88. The van der Waals surface area contributed by atoms with Crippen molar-refractivity contribution < 1.29 is 4.74 Å². The number of halogens is 1. The van der Waals surface area contributed by atoms with Gasteiger partial charge in [0.1, 0.15) is 0 Å². The molecule has 1 aliphatic carbocycles. The molecule has 1 fully saturated rings. The van der Waals surface area contributed by atoms with E-state index in [1.807, 2.05) is 30.3 Å². The van der Waals surface area contributed by atoms with Crippen molar-refractivity contribution in [3.8, 4) is 0 Å². The highest BCUT2D eigenvalue weighted by molar-refractivity contribution is 14.0. The molecule has 0 aliphatic heterocycles. The van der Waals surface area contributed by atoms with Crippen molar-refractivity contribution in [1.82, 2.24) is 5.32 Å². The quantitative estimate of drug-likeness (QED) is 0.349. The van der Waals surface area contributed by atoms with Crippen molar-refractivity contribution >= 4 is 29.9 Å². The van der Waals surface area contributed by atoms with E-state index in [1.54, 1.807) is 0 Å². The predicted octanol–water partition coefficient (Wildman–Crippen LogP) is 4.23. The Morgan fingerprint density at radius 2 is 1.69 bits per heavy atom. The van der Waals surface area contributed by atoms with Gasteiger partial charge in [0, 0.05) is 6.54 Å². The molecule has 2 aromatic carbocycles. The van der Waals surface area contributed by atoms with Gasteiger partial charge in [-0.05, 0) is 35.4 Å². The first-order valence-corrected chi connectivity index (χ1v) is 9.03. The molecule has 0 saturated heterocycles. The van der Waals surface area contributed by atoms with Crippen LogP contribution in [0.3, 0.4) is 0 Å². The smallest absolute Gasteiger partial charge is 0.188 e. The lowest BCUT2D eigenvalue weighted by Crippen LogP contribution is -2.37. The third kappa shape index (κ3) is 6.61. The van der Waals surface area contributed by atoms with E-state index in [4.69, 9.17) is 10.5 Å². The zero-order valence-corrected chi connectivity index (χ0v) is 17.4. The molecule has 0 aromatic heterocycles. The number of aliphatic imine (C=N–C) groups is 1. The van der Waals surface area contributed by atoms with Gasteiger partial charge in [-0.2, -0.15) is 0 Å². The van der Waals surface area contributed by atoms with Crippen LogP contribution in [0.2, 0.25) is 0 Å². The predicted molar refractivity (Wildman–Crippen MR) is 117 cm³/mol. The molecule has 0 unspecified atom stereocenters. The summed E-state index contributed by atoms with van der Waals surface area (Å²) in [6.07, 6.45) is 3.96. The molecule has 0 atom stereocenters. The van der Waals surface area contributed by atoms with E-state index in [1.165, 1.54) is 24.8 Å². The molecule has 0 bridgehead atoms. The number of hydrogen-bond donors (Lipinski definition) is 2. The molecular formula is C21H28IN3O. The highest BCUT2D eigenvalue weighted by Gasteiger charge is 2.16. The number of rotatable bonds is 8. The minimum Gasteiger partial charge on any atom is -0.372 e. The van der Waals surface area contributed by atoms with Crippen molar-refractivity contribution in [2.45, 2.75) is 39.0 Å². The van der Waals surface area contributed by atoms with Crippen molar-refractivity contribution in [3.05, 3.63) is 71.3 Å². The van der Waals surface area contributed by atoms with E-state index in [9.17, 15) is 0 Å². The Kier molecular flexibility index (Phi) is 8.91. The van der Waals surface area contributed by atoms with Crippen molar-refractivity contribution in [3.63, 3.8) is 0 Å². The lowest BCUT2D eigenvalue weighted by molar-refractivity contribution is 0.106. The van der Waals surface area contributed by atoms with Crippen molar-refractivity contribution in [2.24, 2.45) is 16.6 Å². The lowest BCUT2D eigenvalue weighted by atomic mass is 9.85. The number of nitrogens with two attached hydrogens (primary N) is 1. The molecule has 5 heteroatoms. The van der Waals surface area contributed by atoms with Crippen LogP contribution >= 0.6 is 24.0 Å². The summed E-state index contributed by atoms with van der Waals surface area (Å²) in [5.41, 5.74) is 9.48. The number of ether oxygens (including phenoxy) is 1. The SMILES string of the molecule is I.NC(=NCc1ccccc1COCc1ccccc1)NCC1CCC1. The molecular weight excluding hydrogens is 437 g/mol. The summed E-state index contributed by atoms with van der Waals surface area (Å²) in [5, 5.41) is 3.24. The molecule has 0 amide bonds. The van der Waals surface area contributed by atoms with Crippen LogP contribution in [0.5, 0.6) is 0 Å². The van der Waals surface area contributed by atoms with E-state index < -0.39 is 0 Å². The number of benzene rings is 2. The molecule has 4 nitrogen and oxygen atoms in total. The zero-order valence-electron chi connectivity index (χ0n) is 15.1. The molecule has 3 N–H and O–H groups in total. The topological polar surface area (TPSA) is 59.6 Å². The number of nitrogens with one attached hydrogen (secondary N) is 1. The minimum absolute atomic E-state index is 0. The first-order chi connectivity index (χ1) is 12.3. The van der Waals surface area contributed by atoms with Gasteiger partial charge in [0.2, 0.25) is 0 Å². The van der Waals surface area contributed by atoms with Crippen LogP contribution in [-0.2, 0) is 24.5 Å². The summed E-state index contributed by atoms with van der Waals surface area (Å²) < 4.78 is 5.86. The van der Waals surface area contributed by atoms with Crippen LogP contribution in [-0.4, -0.2) is 12.5 Å². The van der Waals surface area contributed by atoms with Gasteiger partial charge in [0.25, 0.3) is 0 Å². The van der Waals surface area contributed by atoms with Gasteiger partial charge < -0.3 is 15.8 Å². The molecule has 26 heavy (non-hydrogen) atoms. The molecule has 0 heterocycles. The third-order valence-electron chi connectivity index (χ3n) is 4.70. The summed E-state index contributed by atoms with van der Waals surface area (Å²) in [5.74, 6) is 1.30. The van der Waals surface area contributed by atoms with E-state index in [0.29, 0.717) is 25.7 Å². The van der Waals surface area contributed by atoms with E-state index in [2.05, 4.69) is 34.6 Å². The van der Waals surface area contributed by atoms with Gasteiger partial charge in [0.05, 0.1) is 19.8 Å². The average molecular weight is 465 g/mol. The summed E-state index contributed by atoms with van der Waals surface area (Å²) >= 11 is 0. The lowest BCUT2D eigenvalue weighted by Gasteiger charge is -2.25. The Hall–Kier alpha value is -1.60. The second-order valence-corrected chi connectivity index (χ2v) is 6.63. The van der Waals surface area contributed by atoms with Crippen molar-refractivity contribution in [1.29, 1.82) is 0 Å². The number of nitrogens with zero attached hydrogens (tertiary/aromatic N) is 1.